The highest BCUT2D eigenvalue weighted by molar-refractivity contribution is 7.91. The highest BCUT2D eigenvalue weighted by Crippen LogP contribution is 2.24. The van der Waals surface area contributed by atoms with E-state index < -0.39 is 9.84 Å². The van der Waals surface area contributed by atoms with E-state index in [2.05, 4.69) is 11.8 Å². The zero-order valence-corrected chi connectivity index (χ0v) is 17.9. The van der Waals surface area contributed by atoms with Gasteiger partial charge in [-0.3, -0.25) is 9.47 Å². The topological polar surface area (TPSA) is 73.3 Å². The Morgan fingerprint density at radius 1 is 1.24 bits per heavy atom. The van der Waals surface area contributed by atoms with Gasteiger partial charge >= 0.3 is 0 Å². The number of hydrogen-bond acceptors (Lipinski definition) is 6. The minimum Gasteiger partial charge on any atom is -0.461 e. The van der Waals surface area contributed by atoms with Crippen molar-refractivity contribution in [2.45, 2.75) is 32.5 Å². The van der Waals surface area contributed by atoms with Crippen molar-refractivity contribution in [1.82, 2.24) is 19.2 Å². The second kappa shape index (κ2) is 8.25. The fraction of sp³-hybridized carbons (Fsp3) is 0.400. The normalized spacial score (nSPS) is 18.5. The number of sulfone groups is 1. The second-order valence-corrected chi connectivity index (χ2v) is 9.86. The molecule has 3 heterocycles. The Morgan fingerprint density at radius 3 is 2.66 bits per heavy atom. The number of nitrogens with zero attached hydrogens (tertiary/aromatic N) is 4. The number of para-hydroxylation sites is 1. The minimum absolute atomic E-state index is 0.00390. The highest BCUT2D eigenvalue weighted by Gasteiger charge is 2.32. The molecule has 0 unspecified atom stereocenters. The standard InChI is InChI=1S/C20H24N4O3S2/c1-2-11-22(17-10-13-29(25,26)14-17)15-23-20(28)24(16-7-4-3-5-8-16)19(21-23)18-9-6-12-27-18/h3-9,12,17H,2,10-11,13-15H2,1H3/t17-/m1/s1. The molecule has 0 spiro atoms. The Labute approximate surface area is 175 Å². The summed E-state index contributed by atoms with van der Waals surface area (Å²) in [6.07, 6.45) is 3.19. The van der Waals surface area contributed by atoms with E-state index in [4.69, 9.17) is 21.7 Å². The zero-order valence-electron chi connectivity index (χ0n) is 16.3. The molecule has 0 saturated carbocycles. The molecule has 9 heteroatoms. The molecule has 1 aliphatic rings. The predicted octanol–water partition coefficient (Wildman–Crippen LogP) is 3.52. The van der Waals surface area contributed by atoms with Crippen LogP contribution in [0.3, 0.4) is 0 Å². The number of aromatic nitrogens is 3. The van der Waals surface area contributed by atoms with E-state index in [1.165, 1.54) is 0 Å². The number of furan rings is 1. The van der Waals surface area contributed by atoms with Crippen molar-refractivity contribution >= 4 is 22.1 Å². The van der Waals surface area contributed by atoms with E-state index in [1.54, 1.807) is 10.9 Å². The fourth-order valence-electron chi connectivity index (χ4n) is 3.77. The summed E-state index contributed by atoms with van der Waals surface area (Å²) >= 11 is 5.77. The van der Waals surface area contributed by atoms with Gasteiger partial charge in [-0.15, -0.1) is 5.10 Å². The van der Waals surface area contributed by atoms with Crippen molar-refractivity contribution in [3.63, 3.8) is 0 Å². The third kappa shape index (κ3) is 4.22. The first-order valence-corrected chi connectivity index (χ1v) is 11.9. The molecular formula is C20H24N4O3S2. The molecule has 7 nitrogen and oxygen atoms in total. The lowest BCUT2D eigenvalue weighted by atomic mass is 10.2. The maximum atomic E-state index is 12.0. The molecule has 1 atom stereocenters. The van der Waals surface area contributed by atoms with Gasteiger partial charge in [0.2, 0.25) is 10.6 Å². The van der Waals surface area contributed by atoms with Crippen LogP contribution in [0.4, 0.5) is 0 Å². The van der Waals surface area contributed by atoms with Gasteiger partial charge in [0.05, 0.1) is 30.1 Å². The van der Waals surface area contributed by atoms with Crippen molar-refractivity contribution in [3.8, 4) is 17.3 Å². The summed E-state index contributed by atoms with van der Waals surface area (Å²) in [6.45, 7) is 3.32. The maximum absolute atomic E-state index is 12.0. The van der Waals surface area contributed by atoms with Gasteiger partial charge in [-0.1, -0.05) is 25.1 Å². The van der Waals surface area contributed by atoms with E-state index in [0.29, 0.717) is 29.4 Å². The van der Waals surface area contributed by atoms with Crippen LogP contribution in [0.15, 0.2) is 53.1 Å². The molecule has 0 radical (unpaired) electrons. The van der Waals surface area contributed by atoms with Crippen LogP contribution in [-0.2, 0) is 16.5 Å². The van der Waals surface area contributed by atoms with Gasteiger partial charge in [0.1, 0.15) is 0 Å². The summed E-state index contributed by atoms with van der Waals surface area (Å²) in [6, 6.07) is 13.5. The average Bonchev–Trinajstić information content (AvgIpc) is 3.42. The smallest absolute Gasteiger partial charge is 0.204 e. The molecule has 1 aromatic carbocycles. The summed E-state index contributed by atoms with van der Waals surface area (Å²) < 4.78 is 33.8. The second-order valence-electron chi connectivity index (χ2n) is 7.26. The number of benzene rings is 1. The third-order valence-corrected chi connectivity index (χ3v) is 7.29. The van der Waals surface area contributed by atoms with Crippen LogP contribution in [0.2, 0.25) is 0 Å². The van der Waals surface area contributed by atoms with Crippen LogP contribution in [0.5, 0.6) is 0 Å². The van der Waals surface area contributed by atoms with Crippen LogP contribution in [-0.4, -0.2) is 51.8 Å². The first kappa shape index (κ1) is 20.1. The molecule has 2 aromatic heterocycles. The van der Waals surface area contributed by atoms with Gasteiger partial charge in [-0.2, -0.15) is 0 Å². The van der Waals surface area contributed by atoms with E-state index in [0.717, 1.165) is 18.7 Å². The van der Waals surface area contributed by atoms with E-state index in [1.807, 2.05) is 47.0 Å². The molecule has 0 N–H and O–H groups in total. The Hall–Kier alpha value is -2.23. The third-order valence-electron chi connectivity index (χ3n) is 5.15. The van der Waals surface area contributed by atoms with Crippen molar-refractivity contribution < 1.29 is 12.8 Å². The van der Waals surface area contributed by atoms with Crippen molar-refractivity contribution in [2.75, 3.05) is 18.1 Å². The van der Waals surface area contributed by atoms with Gasteiger partial charge in [-0.05, 0) is 55.9 Å². The van der Waals surface area contributed by atoms with Gasteiger partial charge in [0.25, 0.3) is 0 Å². The van der Waals surface area contributed by atoms with Gasteiger partial charge in [0, 0.05) is 6.04 Å². The van der Waals surface area contributed by atoms with Gasteiger partial charge < -0.3 is 4.42 Å². The van der Waals surface area contributed by atoms with E-state index >= 15 is 0 Å². The molecule has 0 aliphatic carbocycles. The Balaban J connectivity index is 1.73. The Bertz CT molecular complexity index is 1120. The van der Waals surface area contributed by atoms with Crippen LogP contribution in [0.1, 0.15) is 19.8 Å². The SMILES string of the molecule is CCCN(Cn1nc(-c2ccco2)n(-c2ccccc2)c1=S)[C@@H]1CCS(=O)(=O)C1. The lowest BCUT2D eigenvalue weighted by Gasteiger charge is -2.27. The molecule has 1 fully saturated rings. The minimum atomic E-state index is -2.96. The molecule has 1 saturated heterocycles. The first-order chi connectivity index (χ1) is 14.0. The summed E-state index contributed by atoms with van der Waals surface area (Å²) in [4.78, 5) is 2.18. The molecular weight excluding hydrogens is 408 g/mol. The zero-order chi connectivity index (χ0) is 20.4. The molecule has 154 valence electrons. The average molecular weight is 433 g/mol. The Kier molecular flexibility index (Phi) is 5.71. The largest absolute Gasteiger partial charge is 0.461 e. The lowest BCUT2D eigenvalue weighted by Crippen LogP contribution is -2.38. The molecule has 3 aromatic rings. The van der Waals surface area contributed by atoms with Crippen LogP contribution >= 0.6 is 12.2 Å². The van der Waals surface area contributed by atoms with Gasteiger partial charge in [-0.25, -0.2) is 13.1 Å². The first-order valence-electron chi connectivity index (χ1n) is 9.72. The van der Waals surface area contributed by atoms with Crippen LogP contribution in [0, 0.1) is 4.77 Å². The van der Waals surface area contributed by atoms with E-state index in [-0.39, 0.29) is 17.5 Å². The Morgan fingerprint density at radius 2 is 2.03 bits per heavy atom. The molecule has 1 aliphatic heterocycles. The van der Waals surface area contributed by atoms with Crippen molar-refractivity contribution in [2.24, 2.45) is 0 Å². The molecule has 0 amide bonds. The predicted molar refractivity (Wildman–Crippen MR) is 114 cm³/mol. The number of rotatable bonds is 7. The summed E-state index contributed by atoms with van der Waals surface area (Å²) in [5.74, 6) is 1.70. The fourth-order valence-corrected chi connectivity index (χ4v) is 5.82. The van der Waals surface area contributed by atoms with Crippen molar-refractivity contribution in [3.05, 3.63) is 53.5 Å². The summed E-state index contributed by atoms with van der Waals surface area (Å²) in [5.41, 5.74) is 0.903. The number of hydrogen-bond donors (Lipinski definition) is 0. The molecule has 4 rings (SSSR count). The van der Waals surface area contributed by atoms with Crippen LogP contribution < -0.4 is 0 Å². The molecule has 29 heavy (non-hydrogen) atoms. The molecule has 0 bridgehead atoms. The summed E-state index contributed by atoms with van der Waals surface area (Å²) in [5, 5.41) is 4.75. The quantitative estimate of drug-likeness (QED) is 0.532. The van der Waals surface area contributed by atoms with Crippen molar-refractivity contribution in [1.29, 1.82) is 0 Å². The van der Waals surface area contributed by atoms with Crippen LogP contribution in [0.25, 0.3) is 17.3 Å². The monoisotopic (exact) mass is 432 g/mol. The lowest BCUT2D eigenvalue weighted by molar-refractivity contribution is 0.155. The van der Waals surface area contributed by atoms with E-state index in [9.17, 15) is 8.42 Å². The summed E-state index contributed by atoms with van der Waals surface area (Å²) in [7, 11) is -2.96. The maximum Gasteiger partial charge on any atom is 0.204 e. The van der Waals surface area contributed by atoms with Gasteiger partial charge in [0.15, 0.2) is 15.6 Å². The highest BCUT2D eigenvalue weighted by atomic mass is 32.2.